The maximum Gasteiger partial charge on any atom is 0.341 e. The fourth-order valence-corrected chi connectivity index (χ4v) is 2.67. The van der Waals surface area contributed by atoms with Crippen LogP contribution in [0.15, 0.2) is 46.9 Å². The van der Waals surface area contributed by atoms with Gasteiger partial charge >= 0.3 is 5.97 Å². The van der Waals surface area contributed by atoms with Gasteiger partial charge in [0.15, 0.2) is 6.61 Å². The highest BCUT2D eigenvalue weighted by Crippen LogP contribution is 2.24. The molecule has 0 aliphatic carbocycles. The van der Waals surface area contributed by atoms with Gasteiger partial charge in [-0.1, -0.05) is 17.7 Å². The molecule has 0 aliphatic heterocycles. The molecule has 10 nitrogen and oxygen atoms in total. The third-order valence-corrected chi connectivity index (χ3v) is 4.11. The van der Waals surface area contributed by atoms with Crippen molar-refractivity contribution < 1.29 is 23.6 Å². The predicted octanol–water partition coefficient (Wildman–Crippen LogP) is 3.37. The summed E-state index contributed by atoms with van der Waals surface area (Å²) in [4.78, 5) is 23.0. The second-order valence-corrected chi connectivity index (χ2v) is 6.35. The maximum absolute atomic E-state index is 12.6. The molecule has 0 amide bonds. The Labute approximate surface area is 172 Å². The number of aromatic nitrogens is 2. The van der Waals surface area contributed by atoms with Crippen LogP contribution in [0.5, 0.6) is 0 Å². The molecule has 10 heteroatoms. The van der Waals surface area contributed by atoms with Crippen molar-refractivity contribution in [1.29, 1.82) is 0 Å². The first-order chi connectivity index (χ1) is 14.5. The van der Waals surface area contributed by atoms with Crippen LogP contribution < -0.4 is 5.32 Å². The average Bonchev–Trinajstić information content (AvgIpc) is 3.21. The molecular weight excluding hydrogens is 392 g/mol. The SMILES string of the molecule is COCCNc1ccc([N+](=O)[O-])cc1C(=O)OCc1nnc(-c2cccc(C)c2)o1. The van der Waals surface area contributed by atoms with Crippen LogP contribution >= 0.6 is 0 Å². The molecule has 2 aromatic carbocycles. The molecule has 1 aromatic heterocycles. The van der Waals surface area contributed by atoms with Gasteiger partial charge in [-0.2, -0.15) is 0 Å². The molecule has 3 rings (SSSR count). The summed E-state index contributed by atoms with van der Waals surface area (Å²) in [7, 11) is 1.54. The number of carbonyl (C=O) groups excluding carboxylic acids is 1. The molecule has 0 aliphatic rings. The van der Waals surface area contributed by atoms with Crippen molar-refractivity contribution in [2.75, 3.05) is 25.6 Å². The van der Waals surface area contributed by atoms with Crippen molar-refractivity contribution in [2.24, 2.45) is 0 Å². The minimum absolute atomic E-state index is 0.0266. The van der Waals surface area contributed by atoms with Gasteiger partial charge in [-0.3, -0.25) is 10.1 Å². The highest BCUT2D eigenvalue weighted by molar-refractivity contribution is 5.96. The van der Waals surface area contributed by atoms with Crippen molar-refractivity contribution in [2.45, 2.75) is 13.5 Å². The van der Waals surface area contributed by atoms with Gasteiger partial charge in [-0.25, -0.2) is 4.79 Å². The minimum atomic E-state index is -0.756. The van der Waals surface area contributed by atoms with Crippen LogP contribution in [0.4, 0.5) is 11.4 Å². The highest BCUT2D eigenvalue weighted by Gasteiger charge is 2.19. The quantitative estimate of drug-likeness (QED) is 0.243. The molecule has 30 heavy (non-hydrogen) atoms. The largest absolute Gasteiger partial charge is 0.452 e. The Morgan fingerprint density at radius 2 is 2.07 bits per heavy atom. The summed E-state index contributed by atoms with van der Waals surface area (Å²) in [6, 6.07) is 11.4. The van der Waals surface area contributed by atoms with E-state index < -0.39 is 10.9 Å². The zero-order valence-corrected chi connectivity index (χ0v) is 16.5. The molecule has 1 N–H and O–H groups in total. The summed E-state index contributed by atoms with van der Waals surface area (Å²) in [6.45, 7) is 2.49. The van der Waals surface area contributed by atoms with E-state index in [9.17, 15) is 14.9 Å². The third-order valence-electron chi connectivity index (χ3n) is 4.11. The van der Waals surface area contributed by atoms with E-state index in [-0.39, 0.29) is 23.7 Å². The number of ether oxygens (including phenoxy) is 2. The van der Waals surface area contributed by atoms with Gasteiger partial charge in [-0.15, -0.1) is 10.2 Å². The molecule has 3 aromatic rings. The monoisotopic (exact) mass is 412 g/mol. The number of hydrogen-bond acceptors (Lipinski definition) is 9. The van der Waals surface area contributed by atoms with E-state index in [1.165, 1.54) is 12.1 Å². The van der Waals surface area contributed by atoms with E-state index in [4.69, 9.17) is 13.9 Å². The summed E-state index contributed by atoms with van der Waals surface area (Å²) in [6.07, 6.45) is 0. The first kappa shape index (κ1) is 20.9. The second-order valence-electron chi connectivity index (χ2n) is 6.35. The van der Waals surface area contributed by atoms with Gasteiger partial charge in [0.2, 0.25) is 5.89 Å². The van der Waals surface area contributed by atoms with E-state index in [0.29, 0.717) is 24.7 Å². The van der Waals surface area contributed by atoms with E-state index >= 15 is 0 Å². The second kappa shape index (κ2) is 9.61. The van der Waals surface area contributed by atoms with Crippen molar-refractivity contribution in [3.8, 4) is 11.5 Å². The topological polar surface area (TPSA) is 130 Å². The first-order valence-electron chi connectivity index (χ1n) is 9.05. The van der Waals surface area contributed by atoms with Crippen LogP contribution in [-0.4, -0.2) is 41.4 Å². The maximum atomic E-state index is 12.6. The van der Waals surface area contributed by atoms with Crippen molar-refractivity contribution >= 4 is 17.3 Å². The number of nitro groups is 1. The molecule has 0 fully saturated rings. The standard InChI is InChI=1S/C20H20N4O6/c1-13-4-3-5-14(10-13)19-23-22-18(30-19)12-29-20(25)16-11-15(24(26)27)6-7-17(16)21-8-9-28-2/h3-7,10-11,21H,8-9,12H2,1-2H3. The summed E-state index contributed by atoms with van der Waals surface area (Å²) < 4.78 is 15.7. The Morgan fingerprint density at radius 3 is 2.80 bits per heavy atom. The molecule has 156 valence electrons. The lowest BCUT2D eigenvalue weighted by Gasteiger charge is -2.11. The zero-order chi connectivity index (χ0) is 21.5. The molecular formula is C20H20N4O6. The minimum Gasteiger partial charge on any atom is -0.452 e. The Kier molecular flexibility index (Phi) is 6.71. The van der Waals surface area contributed by atoms with Crippen molar-refractivity contribution in [1.82, 2.24) is 10.2 Å². The number of nitro benzene ring substituents is 1. The van der Waals surface area contributed by atoms with Crippen molar-refractivity contribution in [3.63, 3.8) is 0 Å². The summed E-state index contributed by atoms with van der Waals surface area (Å²) in [5.74, 6) is -0.338. The molecule has 0 unspecified atom stereocenters. The van der Waals surface area contributed by atoms with Crippen LogP contribution in [0, 0.1) is 17.0 Å². The number of rotatable bonds is 9. The van der Waals surface area contributed by atoms with E-state index in [1.807, 2.05) is 31.2 Å². The smallest absolute Gasteiger partial charge is 0.341 e. The van der Waals surface area contributed by atoms with Crippen LogP contribution in [0.3, 0.4) is 0 Å². The molecule has 0 saturated carbocycles. The normalized spacial score (nSPS) is 10.6. The first-order valence-corrected chi connectivity index (χ1v) is 9.05. The number of hydrogen-bond donors (Lipinski definition) is 1. The fourth-order valence-electron chi connectivity index (χ4n) is 2.67. The number of esters is 1. The number of benzene rings is 2. The molecule has 0 bridgehead atoms. The molecule has 0 saturated heterocycles. The number of anilines is 1. The van der Waals surface area contributed by atoms with Crippen LogP contribution in [0.25, 0.3) is 11.5 Å². The van der Waals surface area contributed by atoms with Gasteiger partial charge in [0.25, 0.3) is 11.6 Å². The van der Waals surface area contributed by atoms with E-state index in [1.54, 1.807) is 7.11 Å². The average molecular weight is 412 g/mol. The lowest BCUT2D eigenvalue weighted by Crippen LogP contribution is -2.13. The number of non-ortho nitro benzene ring substituents is 1. The highest BCUT2D eigenvalue weighted by atomic mass is 16.6. The lowest BCUT2D eigenvalue weighted by atomic mass is 10.1. The van der Waals surface area contributed by atoms with Crippen LogP contribution in [0.1, 0.15) is 21.8 Å². The summed E-state index contributed by atoms with van der Waals surface area (Å²) in [5.41, 5.74) is 1.99. The Bertz CT molecular complexity index is 1050. The van der Waals surface area contributed by atoms with Gasteiger partial charge in [-0.05, 0) is 25.1 Å². The molecule has 1 heterocycles. The third kappa shape index (κ3) is 5.17. The molecule has 0 radical (unpaired) electrons. The Hall–Kier alpha value is -3.79. The van der Waals surface area contributed by atoms with Gasteiger partial charge < -0.3 is 19.2 Å². The number of carbonyl (C=O) groups is 1. The predicted molar refractivity (Wildman–Crippen MR) is 107 cm³/mol. The summed E-state index contributed by atoms with van der Waals surface area (Å²) >= 11 is 0. The number of nitrogens with zero attached hydrogens (tertiary/aromatic N) is 3. The van der Waals surface area contributed by atoms with Gasteiger partial charge in [0, 0.05) is 37.0 Å². The number of aryl methyl sites for hydroxylation is 1. The van der Waals surface area contributed by atoms with Crippen LogP contribution in [-0.2, 0) is 16.1 Å². The Morgan fingerprint density at radius 1 is 1.23 bits per heavy atom. The van der Waals surface area contributed by atoms with Gasteiger partial charge in [0.1, 0.15) is 0 Å². The van der Waals surface area contributed by atoms with Gasteiger partial charge in [0.05, 0.1) is 17.1 Å². The molecule has 0 spiro atoms. The van der Waals surface area contributed by atoms with E-state index in [0.717, 1.165) is 17.2 Å². The number of nitrogens with one attached hydrogen (secondary N) is 1. The molecule has 0 atom stereocenters. The number of methoxy groups -OCH3 is 1. The lowest BCUT2D eigenvalue weighted by molar-refractivity contribution is -0.384. The fraction of sp³-hybridized carbons (Fsp3) is 0.250. The van der Waals surface area contributed by atoms with E-state index in [2.05, 4.69) is 15.5 Å². The van der Waals surface area contributed by atoms with Crippen LogP contribution in [0.2, 0.25) is 0 Å². The zero-order valence-electron chi connectivity index (χ0n) is 16.5. The Balaban J connectivity index is 1.72. The summed E-state index contributed by atoms with van der Waals surface area (Å²) in [5, 5.41) is 21.9. The van der Waals surface area contributed by atoms with Crippen molar-refractivity contribution in [3.05, 3.63) is 69.6 Å².